The largest absolute Gasteiger partial charge is 0.444 e. The van der Waals surface area contributed by atoms with Gasteiger partial charge in [0, 0.05) is 36.7 Å². The van der Waals surface area contributed by atoms with Crippen molar-refractivity contribution in [3.8, 4) is 0 Å². The third-order valence-electron chi connectivity index (χ3n) is 4.96. The number of hydrogen-bond donors (Lipinski definition) is 3. The van der Waals surface area contributed by atoms with E-state index in [1.54, 1.807) is 0 Å². The van der Waals surface area contributed by atoms with Crippen LogP contribution in [0, 0.1) is 5.92 Å². The molecule has 8 heteroatoms. The van der Waals surface area contributed by atoms with Crippen LogP contribution in [-0.4, -0.2) is 46.7 Å². The van der Waals surface area contributed by atoms with E-state index in [1.807, 2.05) is 39.1 Å². The molecule has 2 aromatic rings. The maximum absolute atomic E-state index is 12.1. The van der Waals surface area contributed by atoms with Crippen molar-refractivity contribution in [3.05, 3.63) is 18.3 Å². The van der Waals surface area contributed by atoms with Crippen LogP contribution >= 0.6 is 0 Å². The zero-order valence-electron chi connectivity index (χ0n) is 16.5. The van der Waals surface area contributed by atoms with Crippen LogP contribution in [0.1, 0.15) is 40.0 Å². The van der Waals surface area contributed by atoms with Gasteiger partial charge in [0.15, 0.2) is 0 Å². The molecule has 2 fully saturated rings. The molecule has 0 aromatic carbocycles. The summed E-state index contributed by atoms with van der Waals surface area (Å²) in [6.45, 7) is 7.04. The number of carbonyl (C=O) groups is 2. The van der Waals surface area contributed by atoms with E-state index in [2.05, 4.69) is 25.5 Å². The summed E-state index contributed by atoms with van der Waals surface area (Å²) in [5.41, 5.74) is 1.23. The average Bonchev–Trinajstić information content (AvgIpc) is 3.17. The van der Waals surface area contributed by atoms with E-state index in [1.165, 1.54) is 0 Å². The van der Waals surface area contributed by atoms with Crippen LogP contribution in [-0.2, 0) is 9.53 Å². The molecule has 4 rings (SSSR count). The summed E-state index contributed by atoms with van der Waals surface area (Å²) in [5, 5.41) is 6.89. The highest BCUT2D eigenvalue weighted by Gasteiger charge is 2.31. The molecule has 1 saturated carbocycles. The molecule has 1 saturated heterocycles. The molecule has 1 atom stereocenters. The first-order valence-electron chi connectivity index (χ1n) is 9.82. The third-order valence-corrected chi connectivity index (χ3v) is 4.96. The van der Waals surface area contributed by atoms with Crippen LogP contribution in [0.3, 0.4) is 0 Å². The first-order valence-corrected chi connectivity index (χ1v) is 9.82. The van der Waals surface area contributed by atoms with Gasteiger partial charge in [-0.2, -0.15) is 0 Å². The maximum atomic E-state index is 12.1. The Morgan fingerprint density at radius 1 is 1.29 bits per heavy atom. The lowest BCUT2D eigenvalue weighted by molar-refractivity contribution is -0.117. The number of aromatic nitrogens is 2. The van der Waals surface area contributed by atoms with Gasteiger partial charge in [0.1, 0.15) is 17.1 Å². The Hall–Kier alpha value is -2.77. The summed E-state index contributed by atoms with van der Waals surface area (Å²) in [4.78, 5) is 34.1. The average molecular weight is 385 g/mol. The molecule has 2 aromatic heterocycles. The highest BCUT2D eigenvalue weighted by Crippen LogP contribution is 2.33. The van der Waals surface area contributed by atoms with Gasteiger partial charge in [0.05, 0.1) is 11.7 Å². The van der Waals surface area contributed by atoms with Crippen LogP contribution < -0.4 is 15.5 Å². The van der Waals surface area contributed by atoms with E-state index in [4.69, 9.17) is 4.74 Å². The van der Waals surface area contributed by atoms with Crippen molar-refractivity contribution in [3.63, 3.8) is 0 Å². The molecule has 3 heterocycles. The first-order chi connectivity index (χ1) is 13.3. The van der Waals surface area contributed by atoms with Gasteiger partial charge in [-0.05, 0) is 46.1 Å². The number of alkyl carbamates (subject to hydrolysis) is 1. The molecule has 28 heavy (non-hydrogen) atoms. The van der Waals surface area contributed by atoms with Gasteiger partial charge in [-0.25, -0.2) is 9.78 Å². The quantitative estimate of drug-likeness (QED) is 0.751. The molecule has 2 amide bonds. The van der Waals surface area contributed by atoms with Gasteiger partial charge in [0.25, 0.3) is 0 Å². The molecule has 0 spiro atoms. The number of rotatable bonds is 4. The SMILES string of the molecule is CC(C)(C)OC(=O)N[C@H]1CCN(c2cc(NC(=O)C3CC3)nc3[nH]ccc23)C1. The molecule has 3 N–H and O–H groups in total. The Bertz CT molecular complexity index is 897. The number of hydrogen-bond acceptors (Lipinski definition) is 5. The summed E-state index contributed by atoms with van der Waals surface area (Å²) in [6.07, 6.45) is 4.19. The fraction of sp³-hybridized carbons (Fsp3) is 0.550. The van der Waals surface area contributed by atoms with E-state index in [9.17, 15) is 9.59 Å². The predicted octanol–water partition coefficient (Wildman–Crippen LogP) is 3.01. The summed E-state index contributed by atoms with van der Waals surface area (Å²) < 4.78 is 5.36. The number of pyridine rings is 1. The maximum Gasteiger partial charge on any atom is 0.407 e. The number of amides is 2. The lowest BCUT2D eigenvalue weighted by Crippen LogP contribution is -2.40. The molecule has 1 aliphatic carbocycles. The van der Waals surface area contributed by atoms with E-state index >= 15 is 0 Å². The number of nitrogens with zero attached hydrogens (tertiary/aromatic N) is 2. The Morgan fingerprint density at radius 3 is 2.79 bits per heavy atom. The van der Waals surface area contributed by atoms with Gasteiger partial charge in [-0.3, -0.25) is 4.79 Å². The van der Waals surface area contributed by atoms with Crippen molar-refractivity contribution in [2.24, 2.45) is 5.92 Å². The zero-order valence-corrected chi connectivity index (χ0v) is 16.5. The second kappa shape index (κ2) is 7.00. The summed E-state index contributed by atoms with van der Waals surface area (Å²) >= 11 is 0. The number of anilines is 2. The number of aromatic amines is 1. The van der Waals surface area contributed by atoms with Crippen molar-refractivity contribution >= 4 is 34.5 Å². The second-order valence-corrected chi connectivity index (χ2v) is 8.61. The minimum atomic E-state index is -0.514. The van der Waals surface area contributed by atoms with Crippen LogP contribution in [0.4, 0.5) is 16.3 Å². The number of nitrogens with one attached hydrogen (secondary N) is 3. The smallest absolute Gasteiger partial charge is 0.407 e. The topological polar surface area (TPSA) is 99.3 Å². The lowest BCUT2D eigenvalue weighted by atomic mass is 10.2. The molecule has 150 valence electrons. The zero-order chi connectivity index (χ0) is 19.9. The Labute approximate surface area is 164 Å². The molecule has 8 nitrogen and oxygen atoms in total. The van der Waals surface area contributed by atoms with Crippen LogP contribution in [0.5, 0.6) is 0 Å². The molecule has 1 aliphatic heterocycles. The number of carbonyl (C=O) groups excluding carboxylic acids is 2. The molecule has 0 bridgehead atoms. The van der Waals surface area contributed by atoms with Crippen molar-refractivity contribution in [1.82, 2.24) is 15.3 Å². The van der Waals surface area contributed by atoms with Gasteiger partial charge in [-0.15, -0.1) is 0 Å². The lowest BCUT2D eigenvalue weighted by Gasteiger charge is -2.23. The third kappa shape index (κ3) is 4.21. The molecular formula is C20H27N5O3. The monoisotopic (exact) mass is 385 g/mol. The Balaban J connectivity index is 1.48. The minimum absolute atomic E-state index is 0.0153. The summed E-state index contributed by atoms with van der Waals surface area (Å²) in [7, 11) is 0. The van der Waals surface area contributed by atoms with Crippen LogP contribution in [0.25, 0.3) is 11.0 Å². The van der Waals surface area contributed by atoms with Crippen LogP contribution in [0.15, 0.2) is 18.3 Å². The highest BCUT2D eigenvalue weighted by atomic mass is 16.6. The van der Waals surface area contributed by atoms with Crippen molar-refractivity contribution in [2.75, 3.05) is 23.3 Å². The van der Waals surface area contributed by atoms with Gasteiger partial charge in [0.2, 0.25) is 5.91 Å². The Morgan fingerprint density at radius 2 is 2.07 bits per heavy atom. The van der Waals surface area contributed by atoms with Gasteiger partial charge >= 0.3 is 6.09 Å². The molecular weight excluding hydrogens is 358 g/mol. The number of H-pyrrole nitrogens is 1. The predicted molar refractivity (Wildman–Crippen MR) is 107 cm³/mol. The molecule has 0 radical (unpaired) electrons. The fourth-order valence-electron chi connectivity index (χ4n) is 3.49. The second-order valence-electron chi connectivity index (χ2n) is 8.61. The number of fused-ring (bicyclic) bond motifs is 1. The number of ether oxygens (including phenoxy) is 1. The molecule has 0 unspecified atom stereocenters. The molecule has 2 aliphatic rings. The van der Waals surface area contributed by atoms with Crippen molar-refractivity contribution < 1.29 is 14.3 Å². The normalized spacial score (nSPS) is 19.7. The highest BCUT2D eigenvalue weighted by molar-refractivity contribution is 5.97. The fourth-order valence-corrected chi connectivity index (χ4v) is 3.49. The van der Waals surface area contributed by atoms with Gasteiger partial charge < -0.3 is 25.3 Å². The van der Waals surface area contributed by atoms with Crippen molar-refractivity contribution in [1.29, 1.82) is 0 Å². The van der Waals surface area contributed by atoms with Gasteiger partial charge in [-0.1, -0.05) is 0 Å². The van der Waals surface area contributed by atoms with E-state index < -0.39 is 11.7 Å². The van der Waals surface area contributed by atoms with Crippen LogP contribution in [0.2, 0.25) is 0 Å². The van der Waals surface area contributed by atoms with E-state index in [0.29, 0.717) is 12.4 Å². The summed E-state index contributed by atoms with van der Waals surface area (Å²) in [6, 6.07) is 3.92. The van der Waals surface area contributed by atoms with E-state index in [-0.39, 0.29) is 17.9 Å². The summed E-state index contributed by atoms with van der Waals surface area (Å²) in [5.74, 6) is 0.722. The van der Waals surface area contributed by atoms with Crippen molar-refractivity contribution in [2.45, 2.75) is 51.7 Å². The minimum Gasteiger partial charge on any atom is -0.444 e. The van der Waals surface area contributed by atoms with E-state index in [0.717, 1.165) is 42.5 Å². The first kappa shape index (κ1) is 18.6. The Kier molecular flexibility index (Phi) is 4.64. The standard InChI is InChI=1S/C20H27N5O3/c1-20(2,3)28-19(27)22-13-7-9-25(11-13)15-10-16(24-18(26)12-4-5-12)23-17-14(15)6-8-21-17/h6,8,10,12-13H,4-5,7,9,11H2,1-3H3,(H,22,27)(H2,21,23,24,26)/t13-/m0/s1.